The number of methoxy groups -OCH3 is 2. The zero-order valence-electron chi connectivity index (χ0n) is 20.3. The number of para-hydroxylation sites is 2. The van der Waals surface area contributed by atoms with Gasteiger partial charge in [-0.25, -0.2) is 0 Å². The van der Waals surface area contributed by atoms with Crippen molar-refractivity contribution in [2.75, 3.05) is 14.2 Å². The number of ether oxygens (including phenoxy) is 4. The number of allylic oxidation sites excluding steroid dienone is 10. The van der Waals surface area contributed by atoms with Crippen LogP contribution in [-0.4, -0.2) is 34.6 Å². The first kappa shape index (κ1) is 29.4. The molecule has 0 amide bonds. The molecule has 0 radical (unpaired) electrons. The Labute approximate surface area is 225 Å². The standard InChI is InChI=1S/2C14H14O4.Fe/c2*1-17-12-8-4-7-11(9-15)13(12)18-14(16)10-5-2-3-6-10;/h2*2-8,15-16H,9H2,1H3;. The Morgan fingerprint density at radius 1 is 0.622 bits per heavy atom. The average molecular weight is 548 g/mol. The topological polar surface area (TPSA) is 118 Å². The van der Waals surface area contributed by atoms with E-state index in [2.05, 4.69) is 0 Å². The minimum atomic E-state index is -0.223. The predicted molar refractivity (Wildman–Crippen MR) is 135 cm³/mol. The van der Waals surface area contributed by atoms with Crippen molar-refractivity contribution in [1.82, 2.24) is 0 Å². The molecule has 0 bridgehead atoms. The van der Waals surface area contributed by atoms with Gasteiger partial charge in [0.05, 0.1) is 38.6 Å². The molecule has 0 aliphatic heterocycles. The molecule has 2 aromatic carbocycles. The van der Waals surface area contributed by atoms with Crippen LogP contribution >= 0.6 is 0 Å². The average Bonchev–Trinajstić information content (AvgIpc) is 3.64. The van der Waals surface area contributed by atoms with Crippen LogP contribution in [0.1, 0.15) is 11.1 Å². The quantitative estimate of drug-likeness (QED) is 0.271. The normalized spacial score (nSPS) is 12.5. The maximum Gasteiger partial charge on any atom is 0.289 e. The van der Waals surface area contributed by atoms with Crippen LogP contribution < -0.4 is 18.9 Å². The van der Waals surface area contributed by atoms with Gasteiger partial charge in [0.2, 0.25) is 0 Å². The van der Waals surface area contributed by atoms with Crippen LogP contribution in [0.5, 0.6) is 23.0 Å². The Morgan fingerprint density at radius 2 is 0.973 bits per heavy atom. The molecule has 0 aromatic heterocycles. The Hall–Kier alpha value is -3.88. The summed E-state index contributed by atoms with van der Waals surface area (Å²) >= 11 is 0. The van der Waals surface area contributed by atoms with Crippen molar-refractivity contribution >= 4 is 0 Å². The number of rotatable bonds is 8. The van der Waals surface area contributed by atoms with E-state index in [4.69, 9.17) is 18.9 Å². The molecule has 0 spiro atoms. The van der Waals surface area contributed by atoms with Gasteiger partial charge in [-0.1, -0.05) is 48.6 Å². The second-order valence-electron chi connectivity index (χ2n) is 7.37. The largest absolute Gasteiger partial charge is 0.493 e. The van der Waals surface area contributed by atoms with Gasteiger partial charge in [-0.15, -0.1) is 0 Å². The molecule has 2 aliphatic carbocycles. The van der Waals surface area contributed by atoms with Crippen molar-refractivity contribution in [2.45, 2.75) is 13.2 Å². The van der Waals surface area contributed by atoms with Crippen LogP contribution in [-0.2, 0) is 30.3 Å². The van der Waals surface area contributed by atoms with Crippen molar-refractivity contribution < 1.29 is 56.4 Å². The summed E-state index contributed by atoms with van der Waals surface area (Å²) in [6.45, 7) is -0.387. The van der Waals surface area contributed by atoms with E-state index in [1.54, 1.807) is 85.0 Å². The summed E-state index contributed by atoms with van der Waals surface area (Å²) in [5.74, 6) is 1.11. The number of hydrogen-bond acceptors (Lipinski definition) is 8. The second-order valence-corrected chi connectivity index (χ2v) is 7.37. The zero-order valence-corrected chi connectivity index (χ0v) is 21.4. The summed E-state index contributed by atoms with van der Waals surface area (Å²) in [6, 6.07) is 10.3. The van der Waals surface area contributed by atoms with E-state index in [9.17, 15) is 20.4 Å². The molecule has 0 fully saturated rings. The van der Waals surface area contributed by atoms with Gasteiger partial charge in [-0.2, -0.15) is 0 Å². The third kappa shape index (κ3) is 7.55. The number of aliphatic hydroxyl groups is 4. The Kier molecular flexibility index (Phi) is 11.6. The maximum atomic E-state index is 9.86. The van der Waals surface area contributed by atoms with Crippen molar-refractivity contribution in [3.8, 4) is 23.0 Å². The van der Waals surface area contributed by atoms with Crippen molar-refractivity contribution in [3.63, 3.8) is 0 Å². The van der Waals surface area contributed by atoms with E-state index >= 15 is 0 Å². The maximum absolute atomic E-state index is 9.86. The predicted octanol–water partition coefficient (Wildman–Crippen LogP) is 4.92. The first-order chi connectivity index (χ1) is 17.5. The molecule has 9 heteroatoms. The van der Waals surface area contributed by atoms with Gasteiger partial charge in [-0.05, 0) is 36.4 Å². The fourth-order valence-electron chi connectivity index (χ4n) is 3.27. The van der Waals surface area contributed by atoms with Crippen LogP contribution in [0, 0.1) is 0 Å². The molecule has 2 aliphatic rings. The fraction of sp³-hybridized carbons (Fsp3) is 0.143. The molecule has 8 nitrogen and oxygen atoms in total. The molecule has 2 aromatic rings. The molecule has 0 heterocycles. The molecule has 4 rings (SSSR count). The Balaban J connectivity index is 0.000000253. The molecule has 0 atom stereocenters. The van der Waals surface area contributed by atoms with Crippen LogP contribution in [0.3, 0.4) is 0 Å². The summed E-state index contributed by atoms with van der Waals surface area (Å²) in [5.41, 5.74) is 2.24. The van der Waals surface area contributed by atoms with E-state index in [0.717, 1.165) is 0 Å². The van der Waals surface area contributed by atoms with E-state index in [1.165, 1.54) is 14.2 Å². The van der Waals surface area contributed by atoms with Crippen molar-refractivity contribution in [3.05, 3.63) is 119 Å². The fourth-order valence-corrected chi connectivity index (χ4v) is 3.27. The van der Waals surface area contributed by atoms with Gasteiger partial charge in [0, 0.05) is 28.2 Å². The summed E-state index contributed by atoms with van der Waals surface area (Å²) in [6.07, 6.45) is 14.1. The van der Waals surface area contributed by atoms with E-state index in [-0.39, 0.29) is 42.2 Å². The Bertz CT molecular complexity index is 1080. The van der Waals surface area contributed by atoms with Crippen molar-refractivity contribution in [1.29, 1.82) is 0 Å². The monoisotopic (exact) mass is 548 g/mol. The summed E-state index contributed by atoms with van der Waals surface area (Å²) in [7, 11) is 3.01. The third-order valence-corrected chi connectivity index (χ3v) is 5.12. The van der Waals surface area contributed by atoms with E-state index in [0.29, 0.717) is 45.3 Å². The Morgan fingerprint density at radius 3 is 1.27 bits per heavy atom. The first-order valence-corrected chi connectivity index (χ1v) is 11.0. The van der Waals surface area contributed by atoms with Gasteiger partial charge >= 0.3 is 0 Å². The van der Waals surface area contributed by atoms with Crippen LogP contribution in [0.25, 0.3) is 0 Å². The van der Waals surface area contributed by atoms with Gasteiger partial charge < -0.3 is 39.4 Å². The molecular formula is C28H28FeO8. The number of aliphatic hydroxyl groups excluding tert-OH is 4. The minimum absolute atomic E-state index is 0. The summed E-state index contributed by atoms with van der Waals surface area (Å²) < 4.78 is 21.1. The smallest absolute Gasteiger partial charge is 0.289 e. The third-order valence-electron chi connectivity index (χ3n) is 5.12. The molecule has 0 saturated heterocycles. The van der Waals surface area contributed by atoms with E-state index < -0.39 is 0 Å². The van der Waals surface area contributed by atoms with Crippen molar-refractivity contribution in [2.24, 2.45) is 0 Å². The molecule has 37 heavy (non-hydrogen) atoms. The van der Waals surface area contributed by atoms with Crippen LogP contribution in [0.2, 0.25) is 0 Å². The number of benzene rings is 2. The summed E-state index contributed by atoms with van der Waals surface area (Å²) in [4.78, 5) is 0. The van der Waals surface area contributed by atoms with E-state index in [1.807, 2.05) is 0 Å². The first-order valence-electron chi connectivity index (χ1n) is 11.0. The SMILES string of the molecule is COc1cccc(CO)c1OC(O)=C1C=CC=C1.COc1cccc(CO)c1OC(O)=C1C=CC=C1.[Fe]. The second kappa shape index (κ2) is 14.6. The van der Waals surface area contributed by atoms with Gasteiger partial charge in [0.15, 0.2) is 23.0 Å². The molecule has 0 unspecified atom stereocenters. The van der Waals surface area contributed by atoms with Gasteiger partial charge in [-0.3, -0.25) is 0 Å². The molecule has 0 saturated carbocycles. The minimum Gasteiger partial charge on any atom is -0.493 e. The van der Waals surface area contributed by atoms with Gasteiger partial charge in [0.1, 0.15) is 0 Å². The molecule has 4 N–H and O–H groups in total. The van der Waals surface area contributed by atoms with Gasteiger partial charge in [0.25, 0.3) is 11.9 Å². The molecular weight excluding hydrogens is 520 g/mol. The molecule has 196 valence electrons. The number of hydrogen-bond donors (Lipinski definition) is 4. The van der Waals surface area contributed by atoms with Crippen LogP contribution in [0.15, 0.2) is 108 Å². The zero-order chi connectivity index (χ0) is 25.9. The summed E-state index contributed by atoms with van der Waals surface area (Å²) in [5, 5.41) is 38.2. The van der Waals surface area contributed by atoms with Crippen LogP contribution in [0.4, 0.5) is 0 Å².